The number of nitrogens with zero attached hydrogens (tertiary/aromatic N) is 2. The van der Waals surface area contributed by atoms with Crippen LogP contribution in [0.15, 0.2) is 58.7 Å². The molecule has 1 N–H and O–H groups in total. The molecule has 28 heavy (non-hydrogen) atoms. The number of rotatable bonds is 7. The van der Waals surface area contributed by atoms with Crippen LogP contribution < -0.4 is 14.8 Å². The number of Topliss-reactive ketones (excluding diaryl/α,β-unsaturated/α-hetero) is 1. The first-order valence-corrected chi connectivity index (χ1v) is 9.37. The summed E-state index contributed by atoms with van der Waals surface area (Å²) in [4.78, 5) is 24.4. The summed E-state index contributed by atoms with van der Waals surface area (Å²) in [6.45, 7) is 0. The Balaban J connectivity index is 1.62. The first-order chi connectivity index (χ1) is 13.6. The van der Waals surface area contributed by atoms with Crippen molar-refractivity contribution >= 4 is 34.8 Å². The van der Waals surface area contributed by atoms with Crippen LogP contribution in [0, 0.1) is 0 Å². The molecule has 1 aliphatic rings. The summed E-state index contributed by atoms with van der Waals surface area (Å²) >= 11 is 1.20. The molecule has 3 rings (SSSR count). The highest BCUT2D eigenvalue weighted by Crippen LogP contribution is 2.27. The Labute approximate surface area is 166 Å². The van der Waals surface area contributed by atoms with E-state index >= 15 is 0 Å². The van der Waals surface area contributed by atoms with Crippen molar-refractivity contribution in [3.8, 4) is 11.5 Å². The van der Waals surface area contributed by atoms with Crippen molar-refractivity contribution in [1.82, 2.24) is 5.32 Å². The van der Waals surface area contributed by atoms with Crippen molar-refractivity contribution in [3.05, 3.63) is 59.7 Å². The number of methoxy groups -OCH3 is 2. The third kappa shape index (κ3) is 4.77. The Bertz CT molecular complexity index is 928. The van der Waals surface area contributed by atoms with Crippen LogP contribution >= 0.6 is 11.8 Å². The summed E-state index contributed by atoms with van der Waals surface area (Å²) < 4.78 is 10.4. The van der Waals surface area contributed by atoms with E-state index in [9.17, 15) is 9.59 Å². The molecular formula is C20H19N3O4S. The molecule has 1 heterocycles. The van der Waals surface area contributed by atoms with Gasteiger partial charge in [0.15, 0.2) is 22.4 Å². The fraction of sp³-hybridized carbons (Fsp3) is 0.200. The molecular weight excluding hydrogens is 378 g/mol. The van der Waals surface area contributed by atoms with Crippen LogP contribution in [0.2, 0.25) is 0 Å². The molecule has 1 fully saturated rings. The van der Waals surface area contributed by atoms with Crippen molar-refractivity contribution in [2.75, 3.05) is 14.2 Å². The van der Waals surface area contributed by atoms with Gasteiger partial charge in [-0.25, -0.2) is 0 Å². The average molecular weight is 397 g/mol. The lowest BCUT2D eigenvalue weighted by atomic mass is 10.1. The van der Waals surface area contributed by atoms with Crippen molar-refractivity contribution in [3.63, 3.8) is 0 Å². The van der Waals surface area contributed by atoms with Crippen LogP contribution in [-0.2, 0) is 4.79 Å². The minimum absolute atomic E-state index is 0.0803. The standard InChI is InChI=1S/C20H19N3O4S/c1-26-16-9-8-13(10-17(16)27-2)12-21-23-20-22-19(25)18(28-20)11-15(24)14-6-4-3-5-7-14/h3-10,12,18H,11H2,1-2H3,(H,22,23,25). The molecule has 7 nitrogen and oxygen atoms in total. The van der Waals surface area contributed by atoms with Gasteiger partial charge in [0.1, 0.15) is 0 Å². The van der Waals surface area contributed by atoms with Crippen LogP contribution in [-0.4, -0.2) is 42.5 Å². The number of ether oxygens (including phenoxy) is 2. The molecule has 1 atom stereocenters. The maximum absolute atomic E-state index is 12.3. The summed E-state index contributed by atoms with van der Waals surface area (Å²) in [6, 6.07) is 14.3. The number of hydrogen-bond acceptors (Lipinski definition) is 7. The number of carbonyl (C=O) groups is 2. The predicted octanol–water partition coefficient (Wildman–Crippen LogP) is 2.90. The van der Waals surface area contributed by atoms with Gasteiger partial charge >= 0.3 is 0 Å². The van der Waals surface area contributed by atoms with Crippen molar-refractivity contribution in [2.24, 2.45) is 10.2 Å². The van der Waals surface area contributed by atoms with Crippen molar-refractivity contribution in [2.45, 2.75) is 11.7 Å². The molecule has 0 spiro atoms. The second kappa shape index (κ2) is 9.18. The monoisotopic (exact) mass is 397 g/mol. The van der Waals surface area contributed by atoms with Gasteiger partial charge in [0.2, 0.25) is 5.91 Å². The number of thioether (sulfide) groups is 1. The second-order valence-electron chi connectivity index (χ2n) is 5.85. The van der Waals surface area contributed by atoms with E-state index in [4.69, 9.17) is 9.47 Å². The molecule has 1 amide bonds. The van der Waals surface area contributed by atoms with Crippen LogP contribution in [0.25, 0.3) is 0 Å². The molecule has 0 saturated carbocycles. The minimum atomic E-state index is -0.511. The Morgan fingerprint density at radius 1 is 1.14 bits per heavy atom. The van der Waals surface area contributed by atoms with Crippen LogP contribution in [0.3, 0.4) is 0 Å². The first kappa shape index (κ1) is 19.6. The average Bonchev–Trinajstić information content (AvgIpc) is 3.07. The van der Waals surface area contributed by atoms with Gasteiger partial charge in [-0.2, -0.15) is 5.10 Å². The molecule has 2 aromatic rings. The molecule has 1 saturated heterocycles. The quantitative estimate of drug-likeness (QED) is 0.441. The third-order valence-corrected chi connectivity index (χ3v) is 5.08. The van der Waals surface area contributed by atoms with E-state index in [0.29, 0.717) is 22.2 Å². The first-order valence-electron chi connectivity index (χ1n) is 8.49. The molecule has 144 valence electrons. The Kier molecular flexibility index (Phi) is 6.44. The van der Waals surface area contributed by atoms with Crippen LogP contribution in [0.4, 0.5) is 0 Å². The van der Waals surface area contributed by atoms with Crippen molar-refractivity contribution < 1.29 is 19.1 Å². The molecule has 0 aromatic heterocycles. The topological polar surface area (TPSA) is 89.4 Å². The van der Waals surface area contributed by atoms with Gasteiger partial charge in [0.25, 0.3) is 0 Å². The highest BCUT2D eigenvalue weighted by molar-refractivity contribution is 8.15. The zero-order valence-electron chi connectivity index (χ0n) is 15.4. The summed E-state index contributed by atoms with van der Waals surface area (Å²) in [5.41, 5.74) is 1.36. The number of nitrogens with one attached hydrogen (secondary N) is 1. The van der Waals surface area contributed by atoms with Gasteiger partial charge in [-0.3, -0.25) is 9.59 Å². The Morgan fingerprint density at radius 2 is 1.89 bits per heavy atom. The lowest BCUT2D eigenvalue weighted by molar-refractivity contribution is -0.118. The predicted molar refractivity (Wildman–Crippen MR) is 109 cm³/mol. The van der Waals surface area contributed by atoms with E-state index in [-0.39, 0.29) is 18.1 Å². The zero-order chi connectivity index (χ0) is 19.9. The molecule has 0 aliphatic carbocycles. The lowest BCUT2D eigenvalue weighted by Crippen LogP contribution is -2.26. The maximum atomic E-state index is 12.3. The van der Waals surface area contributed by atoms with E-state index in [1.165, 1.54) is 11.8 Å². The van der Waals surface area contributed by atoms with E-state index in [1.54, 1.807) is 56.8 Å². The van der Waals surface area contributed by atoms with E-state index in [2.05, 4.69) is 15.5 Å². The maximum Gasteiger partial charge on any atom is 0.240 e. The highest BCUT2D eigenvalue weighted by atomic mass is 32.2. The second-order valence-corrected chi connectivity index (χ2v) is 7.04. The molecule has 0 radical (unpaired) electrons. The number of ketones is 1. The molecule has 0 bridgehead atoms. The van der Waals surface area contributed by atoms with Crippen LogP contribution in [0.5, 0.6) is 11.5 Å². The van der Waals surface area contributed by atoms with E-state index in [1.807, 2.05) is 12.1 Å². The Hall–Kier alpha value is -3.13. The number of amides is 1. The number of amidine groups is 1. The summed E-state index contributed by atoms with van der Waals surface area (Å²) in [7, 11) is 3.12. The highest BCUT2D eigenvalue weighted by Gasteiger charge is 2.32. The summed E-state index contributed by atoms with van der Waals surface area (Å²) in [5, 5.41) is 10.5. The normalized spacial score (nSPS) is 17.7. The fourth-order valence-electron chi connectivity index (χ4n) is 2.58. The lowest BCUT2D eigenvalue weighted by Gasteiger charge is -2.07. The van der Waals surface area contributed by atoms with Gasteiger partial charge in [-0.1, -0.05) is 42.1 Å². The van der Waals surface area contributed by atoms with Crippen LogP contribution in [0.1, 0.15) is 22.3 Å². The summed E-state index contributed by atoms with van der Waals surface area (Å²) in [5.74, 6) is 0.885. The van der Waals surface area contributed by atoms with Gasteiger partial charge in [0.05, 0.1) is 25.7 Å². The van der Waals surface area contributed by atoms with Gasteiger partial charge in [-0.05, 0) is 23.8 Å². The zero-order valence-corrected chi connectivity index (χ0v) is 16.2. The molecule has 1 unspecified atom stereocenters. The summed E-state index contributed by atoms with van der Waals surface area (Å²) in [6.07, 6.45) is 1.66. The van der Waals surface area contributed by atoms with Gasteiger partial charge < -0.3 is 14.8 Å². The van der Waals surface area contributed by atoms with Gasteiger partial charge in [0, 0.05) is 12.0 Å². The Morgan fingerprint density at radius 3 is 2.61 bits per heavy atom. The number of carbonyl (C=O) groups excluding carboxylic acids is 2. The number of benzene rings is 2. The third-order valence-electron chi connectivity index (χ3n) is 4.01. The van der Waals surface area contributed by atoms with Crippen molar-refractivity contribution in [1.29, 1.82) is 0 Å². The molecule has 2 aromatic carbocycles. The largest absolute Gasteiger partial charge is 0.493 e. The number of hydrogen-bond donors (Lipinski definition) is 1. The minimum Gasteiger partial charge on any atom is -0.493 e. The van der Waals surface area contributed by atoms with E-state index in [0.717, 1.165) is 5.56 Å². The van der Waals surface area contributed by atoms with Gasteiger partial charge in [-0.15, -0.1) is 5.10 Å². The molecule has 1 aliphatic heterocycles. The van der Waals surface area contributed by atoms with E-state index < -0.39 is 5.25 Å². The smallest absolute Gasteiger partial charge is 0.240 e. The molecule has 8 heteroatoms. The fourth-order valence-corrected chi connectivity index (χ4v) is 3.50. The SMILES string of the molecule is COc1ccc(C=NN=C2NC(=O)C(CC(=O)c3ccccc3)S2)cc1OC.